The zero-order valence-electron chi connectivity index (χ0n) is 7.74. The second-order valence-corrected chi connectivity index (χ2v) is 2.28. The lowest BCUT2D eigenvalue weighted by atomic mass is 10.4. The van der Waals surface area contributed by atoms with E-state index in [9.17, 15) is 14.4 Å². The van der Waals surface area contributed by atoms with Gasteiger partial charge in [-0.1, -0.05) is 12.7 Å². The molecule has 0 aliphatic rings. The van der Waals surface area contributed by atoms with Gasteiger partial charge in [0.15, 0.2) is 0 Å². The minimum absolute atomic E-state index is 0.0340. The van der Waals surface area contributed by atoms with E-state index in [0.717, 1.165) is 0 Å². The predicted molar refractivity (Wildman–Crippen MR) is 45.7 cm³/mol. The Morgan fingerprint density at radius 3 is 2.50 bits per heavy atom. The molecule has 0 aromatic heterocycles. The van der Waals surface area contributed by atoms with Crippen molar-refractivity contribution in [3.05, 3.63) is 12.7 Å². The normalized spacial score (nSPS) is 8.64. The molecule has 0 spiro atoms. The number of esters is 1. The maximum absolute atomic E-state index is 10.8. The number of nitrogens with one attached hydrogen (secondary N) is 1. The quantitative estimate of drug-likeness (QED) is 0.292. The molecule has 0 radical (unpaired) electrons. The van der Waals surface area contributed by atoms with E-state index < -0.39 is 24.3 Å². The lowest BCUT2D eigenvalue weighted by Gasteiger charge is -2.02. The van der Waals surface area contributed by atoms with Crippen LogP contribution in [0.15, 0.2) is 12.7 Å². The highest BCUT2D eigenvalue weighted by Gasteiger charge is 2.12. The van der Waals surface area contributed by atoms with E-state index in [4.69, 9.17) is 0 Å². The fraction of sp³-hybridized carbons (Fsp3) is 0.375. The van der Waals surface area contributed by atoms with Crippen molar-refractivity contribution in [2.45, 2.75) is 13.3 Å². The molecule has 0 aliphatic heterocycles. The largest absolute Gasteiger partial charge is 0.461 e. The van der Waals surface area contributed by atoms with Crippen LogP contribution in [0.1, 0.15) is 13.3 Å². The number of ether oxygens (including phenoxy) is 1. The zero-order chi connectivity index (χ0) is 11.0. The molecular weight excluding hydrogens is 190 g/mol. The highest BCUT2D eigenvalue weighted by atomic mass is 16.7. The molecule has 14 heavy (non-hydrogen) atoms. The second kappa shape index (κ2) is 6.64. The maximum atomic E-state index is 10.8. The van der Waals surface area contributed by atoms with Gasteiger partial charge in [0.2, 0.25) is 5.91 Å². The maximum Gasteiger partial charge on any atom is 0.343 e. The van der Waals surface area contributed by atoms with Crippen LogP contribution in [0.4, 0.5) is 0 Å². The Hall–Kier alpha value is -1.85. The number of hydrogen-bond donors (Lipinski definition) is 1. The summed E-state index contributed by atoms with van der Waals surface area (Å²) in [5.41, 5.74) is 1.79. The Morgan fingerprint density at radius 2 is 2.00 bits per heavy atom. The van der Waals surface area contributed by atoms with Gasteiger partial charge in [0.1, 0.15) is 13.0 Å². The first-order chi connectivity index (χ1) is 6.56. The first kappa shape index (κ1) is 12.2. The smallest absolute Gasteiger partial charge is 0.343 e. The van der Waals surface area contributed by atoms with Crippen molar-refractivity contribution in [1.82, 2.24) is 5.48 Å². The molecule has 0 aromatic carbocycles. The Balaban J connectivity index is 3.65. The molecule has 0 rings (SSSR count). The van der Waals surface area contributed by atoms with Crippen LogP contribution < -0.4 is 5.48 Å². The summed E-state index contributed by atoms with van der Waals surface area (Å²) in [5, 5.41) is 0. The minimum Gasteiger partial charge on any atom is -0.461 e. The summed E-state index contributed by atoms with van der Waals surface area (Å²) in [4.78, 5) is 36.0. The monoisotopic (exact) mass is 201 g/mol. The number of carbonyl (C=O) groups is 3. The molecule has 6 heteroatoms. The van der Waals surface area contributed by atoms with Crippen molar-refractivity contribution in [3.63, 3.8) is 0 Å². The van der Waals surface area contributed by atoms with E-state index in [1.165, 1.54) is 13.0 Å². The van der Waals surface area contributed by atoms with E-state index in [-0.39, 0.29) is 6.61 Å². The van der Waals surface area contributed by atoms with Crippen LogP contribution in [0.25, 0.3) is 0 Å². The molecule has 1 N–H and O–H groups in total. The third-order valence-electron chi connectivity index (χ3n) is 0.959. The lowest BCUT2D eigenvalue weighted by Crippen LogP contribution is -2.26. The Labute approximate surface area is 80.8 Å². The van der Waals surface area contributed by atoms with Crippen LogP contribution in [-0.4, -0.2) is 24.5 Å². The molecule has 1 amide bonds. The molecule has 0 aromatic rings. The summed E-state index contributed by atoms with van der Waals surface area (Å²) < 4.78 is 4.50. The van der Waals surface area contributed by atoms with Gasteiger partial charge in [0.05, 0.1) is 0 Å². The van der Waals surface area contributed by atoms with Gasteiger partial charge in [0.25, 0.3) is 0 Å². The minimum atomic E-state index is -0.880. The van der Waals surface area contributed by atoms with Crippen molar-refractivity contribution >= 4 is 17.8 Å². The summed E-state index contributed by atoms with van der Waals surface area (Å²) >= 11 is 0. The van der Waals surface area contributed by atoms with E-state index in [2.05, 4.69) is 16.2 Å². The van der Waals surface area contributed by atoms with Gasteiger partial charge >= 0.3 is 11.9 Å². The van der Waals surface area contributed by atoms with Gasteiger partial charge in [-0.2, -0.15) is 5.48 Å². The first-order valence-corrected chi connectivity index (χ1v) is 3.79. The predicted octanol–water partition coefficient (Wildman–Crippen LogP) is -0.300. The molecule has 78 valence electrons. The van der Waals surface area contributed by atoms with E-state index in [1.807, 2.05) is 0 Å². The van der Waals surface area contributed by atoms with Crippen molar-refractivity contribution in [1.29, 1.82) is 0 Å². The standard InChI is InChI=1S/C8H11NO5/c1-3-4-13-7(11)5-8(12)14-9-6(2)10/h3H,1,4-5H2,2H3,(H,9,10). The highest BCUT2D eigenvalue weighted by Crippen LogP contribution is 1.89. The lowest BCUT2D eigenvalue weighted by molar-refractivity contribution is -0.162. The molecule has 0 aliphatic carbocycles. The van der Waals surface area contributed by atoms with E-state index >= 15 is 0 Å². The van der Waals surface area contributed by atoms with Crippen LogP contribution in [0.5, 0.6) is 0 Å². The van der Waals surface area contributed by atoms with E-state index in [0.29, 0.717) is 0 Å². The third kappa shape index (κ3) is 6.84. The van der Waals surface area contributed by atoms with Crippen molar-refractivity contribution in [3.8, 4) is 0 Å². The summed E-state index contributed by atoms with van der Waals surface area (Å²) in [6.07, 6.45) is 0.825. The summed E-state index contributed by atoms with van der Waals surface area (Å²) in [6.45, 7) is 4.52. The van der Waals surface area contributed by atoms with Crippen molar-refractivity contribution < 1.29 is 24.0 Å². The topological polar surface area (TPSA) is 81.7 Å². The van der Waals surface area contributed by atoms with Crippen molar-refractivity contribution in [2.75, 3.05) is 6.61 Å². The molecule has 0 bridgehead atoms. The number of carbonyl (C=O) groups excluding carboxylic acids is 3. The fourth-order valence-electron chi connectivity index (χ4n) is 0.486. The molecule has 6 nitrogen and oxygen atoms in total. The van der Waals surface area contributed by atoms with Gasteiger partial charge in [-0.05, 0) is 0 Å². The van der Waals surface area contributed by atoms with E-state index in [1.54, 1.807) is 5.48 Å². The SMILES string of the molecule is C=CCOC(=O)CC(=O)ONC(C)=O. The van der Waals surface area contributed by atoms with Gasteiger partial charge in [0, 0.05) is 6.92 Å². The van der Waals surface area contributed by atoms with Gasteiger partial charge in [-0.15, -0.1) is 0 Å². The molecule has 0 saturated heterocycles. The second-order valence-electron chi connectivity index (χ2n) is 2.28. The summed E-state index contributed by atoms with van der Waals surface area (Å²) in [7, 11) is 0. The number of rotatable bonds is 4. The Morgan fingerprint density at radius 1 is 1.36 bits per heavy atom. The fourth-order valence-corrected chi connectivity index (χ4v) is 0.486. The molecule has 0 atom stereocenters. The number of hydroxylamine groups is 1. The average Bonchev–Trinajstić information content (AvgIpc) is 2.11. The molecular formula is C8H11NO5. The van der Waals surface area contributed by atoms with Gasteiger partial charge in [-0.25, -0.2) is 4.79 Å². The molecule has 0 heterocycles. The Bertz CT molecular complexity index is 248. The average molecular weight is 201 g/mol. The van der Waals surface area contributed by atoms with Gasteiger partial charge in [-0.3, -0.25) is 9.59 Å². The molecule has 0 saturated carbocycles. The number of amides is 1. The Kier molecular flexibility index (Phi) is 5.77. The van der Waals surface area contributed by atoms with Crippen LogP contribution >= 0.6 is 0 Å². The highest BCUT2D eigenvalue weighted by molar-refractivity contribution is 5.91. The zero-order valence-corrected chi connectivity index (χ0v) is 7.74. The molecule has 0 unspecified atom stereocenters. The van der Waals surface area contributed by atoms with Crippen molar-refractivity contribution in [2.24, 2.45) is 0 Å². The first-order valence-electron chi connectivity index (χ1n) is 3.79. The summed E-state index contributed by atoms with van der Waals surface area (Å²) in [6, 6.07) is 0. The van der Waals surface area contributed by atoms with Crippen LogP contribution in [0, 0.1) is 0 Å². The third-order valence-corrected chi connectivity index (χ3v) is 0.959. The van der Waals surface area contributed by atoms with Crippen LogP contribution in [0.2, 0.25) is 0 Å². The number of hydrogen-bond acceptors (Lipinski definition) is 5. The molecule has 0 fully saturated rings. The van der Waals surface area contributed by atoms with Gasteiger partial charge < -0.3 is 9.57 Å². The van der Waals surface area contributed by atoms with Crippen LogP contribution in [-0.2, 0) is 24.0 Å². The van der Waals surface area contributed by atoms with Crippen LogP contribution in [0.3, 0.4) is 0 Å². The summed E-state index contributed by atoms with van der Waals surface area (Å²) in [5.74, 6) is -2.15.